The molecule has 0 amide bonds. The highest BCUT2D eigenvalue weighted by Gasteiger charge is 2.22. The number of aromatic nitrogens is 2. The Morgan fingerprint density at radius 1 is 1.62 bits per heavy atom. The van der Waals surface area contributed by atoms with Gasteiger partial charge in [-0.25, -0.2) is 9.97 Å². The second kappa shape index (κ2) is 3.02. The number of hydrogen-bond donors (Lipinski definition) is 1. The van der Waals surface area contributed by atoms with Crippen molar-refractivity contribution in [1.82, 2.24) is 9.97 Å². The normalized spacial score (nSPS) is 15.3. The molecule has 2 rings (SSSR count). The van der Waals surface area contributed by atoms with Gasteiger partial charge in [0, 0.05) is 6.42 Å². The van der Waals surface area contributed by atoms with Crippen molar-refractivity contribution in [3.05, 3.63) is 17.6 Å². The van der Waals surface area contributed by atoms with Crippen molar-refractivity contribution < 1.29 is 0 Å². The third kappa shape index (κ3) is 1.75. The minimum atomic E-state index is 0.299. The summed E-state index contributed by atoms with van der Waals surface area (Å²) in [5.41, 5.74) is 5.92. The monoisotopic (exact) mass is 174 g/mol. The second-order valence-corrected chi connectivity index (χ2v) is 3.34. The van der Waals surface area contributed by atoms with E-state index in [1.54, 1.807) is 0 Å². The van der Waals surface area contributed by atoms with E-state index in [1.165, 1.54) is 19.0 Å². The zero-order chi connectivity index (χ0) is 9.26. The standard InChI is InChI=1S/C9H10N4/c10-4-7-5-12-8(13-9(7)11)3-6-1-2-6/h5-6H,1-3H2,(H2,11,12,13). The molecule has 4 nitrogen and oxygen atoms in total. The maximum Gasteiger partial charge on any atom is 0.145 e. The summed E-state index contributed by atoms with van der Waals surface area (Å²) in [7, 11) is 0. The van der Waals surface area contributed by atoms with E-state index in [2.05, 4.69) is 9.97 Å². The summed E-state index contributed by atoms with van der Waals surface area (Å²) in [6, 6.07) is 1.94. The highest BCUT2D eigenvalue weighted by molar-refractivity contribution is 5.46. The summed E-state index contributed by atoms with van der Waals surface area (Å²) in [5, 5.41) is 8.59. The Morgan fingerprint density at radius 2 is 2.38 bits per heavy atom. The van der Waals surface area contributed by atoms with Gasteiger partial charge in [-0.05, 0) is 18.8 Å². The van der Waals surface area contributed by atoms with Crippen LogP contribution in [0.15, 0.2) is 6.20 Å². The van der Waals surface area contributed by atoms with Crippen LogP contribution in [-0.2, 0) is 6.42 Å². The van der Waals surface area contributed by atoms with Crippen LogP contribution in [0, 0.1) is 17.2 Å². The highest BCUT2D eigenvalue weighted by Crippen LogP contribution is 2.31. The molecule has 1 fully saturated rings. The van der Waals surface area contributed by atoms with Crippen molar-refractivity contribution in [2.75, 3.05) is 5.73 Å². The van der Waals surface area contributed by atoms with Gasteiger partial charge in [0.2, 0.25) is 0 Å². The summed E-state index contributed by atoms with van der Waals surface area (Å²) >= 11 is 0. The van der Waals surface area contributed by atoms with Crippen LogP contribution in [0.2, 0.25) is 0 Å². The third-order valence-electron chi connectivity index (χ3n) is 2.16. The molecule has 13 heavy (non-hydrogen) atoms. The average molecular weight is 174 g/mol. The number of nitrogen functional groups attached to an aromatic ring is 1. The number of nitriles is 1. The van der Waals surface area contributed by atoms with Crippen LogP contribution in [-0.4, -0.2) is 9.97 Å². The molecule has 0 saturated heterocycles. The van der Waals surface area contributed by atoms with Crippen molar-refractivity contribution in [2.24, 2.45) is 5.92 Å². The van der Waals surface area contributed by atoms with Gasteiger partial charge in [0.05, 0.1) is 6.20 Å². The van der Waals surface area contributed by atoms with Crippen LogP contribution in [0.3, 0.4) is 0 Å². The zero-order valence-electron chi connectivity index (χ0n) is 7.20. The Morgan fingerprint density at radius 3 is 2.92 bits per heavy atom. The third-order valence-corrected chi connectivity index (χ3v) is 2.16. The van der Waals surface area contributed by atoms with Crippen LogP contribution in [0.5, 0.6) is 0 Å². The van der Waals surface area contributed by atoms with Crippen LogP contribution >= 0.6 is 0 Å². The first-order chi connectivity index (χ1) is 6.29. The van der Waals surface area contributed by atoms with Gasteiger partial charge in [-0.2, -0.15) is 5.26 Å². The first-order valence-corrected chi connectivity index (χ1v) is 4.31. The van der Waals surface area contributed by atoms with Gasteiger partial charge in [-0.3, -0.25) is 0 Å². The Balaban J connectivity index is 2.19. The molecule has 1 aromatic rings. The largest absolute Gasteiger partial charge is 0.382 e. The predicted molar refractivity (Wildman–Crippen MR) is 47.6 cm³/mol. The van der Waals surface area contributed by atoms with Crippen molar-refractivity contribution in [2.45, 2.75) is 19.3 Å². The quantitative estimate of drug-likeness (QED) is 0.722. The lowest BCUT2D eigenvalue weighted by Gasteiger charge is -1.99. The predicted octanol–water partition coefficient (Wildman–Crippen LogP) is 0.883. The van der Waals surface area contributed by atoms with Gasteiger partial charge in [-0.15, -0.1) is 0 Å². The Kier molecular flexibility index (Phi) is 1.85. The summed E-state index contributed by atoms with van der Waals surface area (Å²) in [6.07, 6.45) is 4.93. The first kappa shape index (κ1) is 7.99. The fourth-order valence-corrected chi connectivity index (χ4v) is 1.20. The smallest absolute Gasteiger partial charge is 0.145 e. The molecule has 4 heteroatoms. The summed E-state index contributed by atoms with van der Waals surface area (Å²) < 4.78 is 0. The summed E-state index contributed by atoms with van der Waals surface area (Å²) in [5.74, 6) is 1.81. The minimum Gasteiger partial charge on any atom is -0.382 e. The molecule has 1 saturated carbocycles. The molecule has 2 N–H and O–H groups in total. The molecule has 0 atom stereocenters. The van der Waals surface area contributed by atoms with Crippen LogP contribution in [0.4, 0.5) is 5.82 Å². The van der Waals surface area contributed by atoms with Gasteiger partial charge < -0.3 is 5.73 Å². The minimum absolute atomic E-state index is 0.299. The maximum atomic E-state index is 8.59. The number of nitrogens with zero attached hydrogens (tertiary/aromatic N) is 3. The lowest BCUT2D eigenvalue weighted by Crippen LogP contribution is -2.02. The lowest BCUT2D eigenvalue weighted by molar-refractivity contribution is 0.770. The molecule has 0 bridgehead atoms. The Labute approximate surface area is 76.4 Å². The molecule has 0 radical (unpaired) electrons. The van der Waals surface area contributed by atoms with Crippen LogP contribution in [0.1, 0.15) is 24.2 Å². The van der Waals surface area contributed by atoms with E-state index >= 15 is 0 Å². The molecular weight excluding hydrogens is 164 g/mol. The van der Waals surface area contributed by atoms with E-state index in [4.69, 9.17) is 11.0 Å². The number of rotatable bonds is 2. The number of nitrogens with two attached hydrogens (primary N) is 1. The molecule has 0 aliphatic heterocycles. The summed E-state index contributed by atoms with van der Waals surface area (Å²) in [6.45, 7) is 0. The maximum absolute atomic E-state index is 8.59. The van der Waals surface area contributed by atoms with Crippen molar-refractivity contribution in [3.63, 3.8) is 0 Å². The SMILES string of the molecule is N#Cc1cnc(CC2CC2)nc1N. The van der Waals surface area contributed by atoms with Gasteiger partial charge in [0.25, 0.3) is 0 Å². The lowest BCUT2D eigenvalue weighted by atomic mass is 10.2. The molecule has 1 heterocycles. The zero-order valence-corrected chi connectivity index (χ0v) is 7.20. The second-order valence-electron chi connectivity index (χ2n) is 3.34. The van der Waals surface area contributed by atoms with Gasteiger partial charge >= 0.3 is 0 Å². The van der Waals surface area contributed by atoms with Gasteiger partial charge in [-0.1, -0.05) is 0 Å². The van der Waals surface area contributed by atoms with Crippen molar-refractivity contribution >= 4 is 5.82 Å². The fraction of sp³-hybridized carbons (Fsp3) is 0.444. The molecule has 0 spiro atoms. The van der Waals surface area contributed by atoms with E-state index in [9.17, 15) is 0 Å². The highest BCUT2D eigenvalue weighted by atomic mass is 14.9. The van der Waals surface area contributed by atoms with E-state index in [1.807, 2.05) is 6.07 Å². The number of hydrogen-bond acceptors (Lipinski definition) is 4. The van der Waals surface area contributed by atoms with E-state index in [0.29, 0.717) is 11.4 Å². The van der Waals surface area contributed by atoms with Gasteiger partial charge in [0.1, 0.15) is 23.3 Å². The topological polar surface area (TPSA) is 75.6 Å². The van der Waals surface area contributed by atoms with E-state index in [-0.39, 0.29) is 0 Å². The van der Waals surface area contributed by atoms with E-state index in [0.717, 1.165) is 18.2 Å². The molecule has 66 valence electrons. The summed E-state index contributed by atoms with van der Waals surface area (Å²) in [4.78, 5) is 8.15. The molecule has 0 unspecified atom stereocenters. The van der Waals surface area contributed by atoms with Crippen molar-refractivity contribution in [3.8, 4) is 6.07 Å². The molecule has 1 aliphatic carbocycles. The molecular formula is C9H10N4. The van der Waals surface area contributed by atoms with Crippen LogP contribution in [0.25, 0.3) is 0 Å². The van der Waals surface area contributed by atoms with E-state index < -0.39 is 0 Å². The molecule has 1 aliphatic rings. The Hall–Kier alpha value is -1.63. The fourth-order valence-electron chi connectivity index (χ4n) is 1.20. The average Bonchev–Trinajstić information content (AvgIpc) is 2.89. The van der Waals surface area contributed by atoms with Crippen LogP contribution < -0.4 is 5.73 Å². The van der Waals surface area contributed by atoms with Gasteiger partial charge in [0.15, 0.2) is 0 Å². The molecule has 1 aromatic heterocycles. The Bertz CT molecular complexity index is 362. The first-order valence-electron chi connectivity index (χ1n) is 4.31. The number of anilines is 1. The molecule has 0 aromatic carbocycles. The van der Waals surface area contributed by atoms with Crippen molar-refractivity contribution in [1.29, 1.82) is 5.26 Å².